The third-order valence-corrected chi connectivity index (χ3v) is 3.36. The van der Waals surface area contributed by atoms with E-state index in [1.165, 1.54) is 6.42 Å². The highest BCUT2D eigenvalue weighted by Gasteiger charge is 2.33. The van der Waals surface area contributed by atoms with Crippen molar-refractivity contribution in [2.45, 2.75) is 44.6 Å². The summed E-state index contributed by atoms with van der Waals surface area (Å²) in [4.78, 5) is 4.17. The number of hydrogen-bond donors (Lipinski definition) is 1. The van der Waals surface area contributed by atoms with Crippen LogP contribution >= 0.6 is 0 Å². The fourth-order valence-corrected chi connectivity index (χ4v) is 2.57. The summed E-state index contributed by atoms with van der Waals surface area (Å²) >= 11 is 0. The SMILES string of the molecule is CC1CCCC(O)(Cc2ncnn2C)C1. The van der Waals surface area contributed by atoms with E-state index in [1.807, 2.05) is 7.05 Å². The highest BCUT2D eigenvalue weighted by atomic mass is 16.3. The number of rotatable bonds is 2. The molecule has 15 heavy (non-hydrogen) atoms. The fraction of sp³-hybridized carbons (Fsp3) is 0.818. The molecule has 0 aromatic carbocycles. The molecule has 2 atom stereocenters. The third-order valence-electron chi connectivity index (χ3n) is 3.36. The lowest BCUT2D eigenvalue weighted by atomic mass is 9.77. The maximum absolute atomic E-state index is 10.5. The molecule has 84 valence electrons. The second kappa shape index (κ2) is 3.93. The lowest BCUT2D eigenvalue weighted by Gasteiger charge is -2.35. The number of aromatic nitrogens is 3. The summed E-state index contributed by atoms with van der Waals surface area (Å²) in [5, 5.41) is 14.5. The van der Waals surface area contributed by atoms with Gasteiger partial charge in [0.2, 0.25) is 0 Å². The third kappa shape index (κ3) is 2.37. The minimum Gasteiger partial charge on any atom is -0.389 e. The first kappa shape index (κ1) is 10.6. The Labute approximate surface area is 90.3 Å². The summed E-state index contributed by atoms with van der Waals surface area (Å²) in [5.41, 5.74) is -0.557. The van der Waals surface area contributed by atoms with Crippen LogP contribution in [-0.2, 0) is 13.5 Å². The van der Waals surface area contributed by atoms with Crippen LogP contribution in [0.5, 0.6) is 0 Å². The zero-order chi connectivity index (χ0) is 10.9. The monoisotopic (exact) mass is 209 g/mol. The van der Waals surface area contributed by atoms with Crippen molar-refractivity contribution in [3.63, 3.8) is 0 Å². The van der Waals surface area contributed by atoms with Gasteiger partial charge in [-0.3, -0.25) is 4.68 Å². The molecule has 1 aliphatic rings. The Morgan fingerprint density at radius 1 is 1.67 bits per heavy atom. The van der Waals surface area contributed by atoms with Gasteiger partial charge in [-0.1, -0.05) is 19.8 Å². The van der Waals surface area contributed by atoms with Crippen LogP contribution in [-0.4, -0.2) is 25.5 Å². The molecular formula is C11H19N3O. The molecule has 0 amide bonds. The van der Waals surface area contributed by atoms with E-state index in [0.717, 1.165) is 25.1 Å². The number of aliphatic hydroxyl groups is 1. The molecule has 2 rings (SSSR count). The maximum atomic E-state index is 10.5. The zero-order valence-electron chi connectivity index (χ0n) is 9.48. The maximum Gasteiger partial charge on any atom is 0.138 e. The molecule has 0 saturated heterocycles. The Bertz CT molecular complexity index is 336. The first-order valence-corrected chi connectivity index (χ1v) is 5.64. The molecule has 0 radical (unpaired) electrons. The van der Waals surface area contributed by atoms with Crippen molar-refractivity contribution in [3.05, 3.63) is 12.2 Å². The van der Waals surface area contributed by atoms with E-state index in [1.54, 1.807) is 11.0 Å². The molecule has 4 heteroatoms. The van der Waals surface area contributed by atoms with Crippen molar-refractivity contribution in [3.8, 4) is 0 Å². The van der Waals surface area contributed by atoms with Gasteiger partial charge >= 0.3 is 0 Å². The van der Waals surface area contributed by atoms with Crippen molar-refractivity contribution in [2.24, 2.45) is 13.0 Å². The van der Waals surface area contributed by atoms with Gasteiger partial charge in [0.05, 0.1) is 5.60 Å². The van der Waals surface area contributed by atoms with Crippen LogP contribution in [0.4, 0.5) is 0 Å². The molecule has 1 aromatic heterocycles. The summed E-state index contributed by atoms with van der Waals surface area (Å²) < 4.78 is 1.75. The van der Waals surface area contributed by atoms with Crippen molar-refractivity contribution >= 4 is 0 Å². The van der Waals surface area contributed by atoms with Gasteiger partial charge in [-0.15, -0.1) is 0 Å². The highest BCUT2D eigenvalue weighted by molar-refractivity contribution is 4.96. The molecule has 0 bridgehead atoms. The summed E-state index contributed by atoms with van der Waals surface area (Å²) in [6.07, 6.45) is 6.32. The quantitative estimate of drug-likeness (QED) is 0.798. The van der Waals surface area contributed by atoms with Gasteiger partial charge in [-0.2, -0.15) is 5.10 Å². The Morgan fingerprint density at radius 3 is 3.07 bits per heavy atom. The van der Waals surface area contributed by atoms with Crippen LogP contribution < -0.4 is 0 Å². The van der Waals surface area contributed by atoms with E-state index >= 15 is 0 Å². The summed E-state index contributed by atoms with van der Waals surface area (Å²) in [5.74, 6) is 1.50. The van der Waals surface area contributed by atoms with Crippen molar-refractivity contribution < 1.29 is 5.11 Å². The summed E-state index contributed by atoms with van der Waals surface area (Å²) in [6.45, 7) is 2.21. The average Bonchev–Trinajstić information content (AvgIpc) is 2.50. The normalized spacial score (nSPS) is 31.8. The van der Waals surface area contributed by atoms with Crippen molar-refractivity contribution in [1.29, 1.82) is 0 Å². The highest BCUT2D eigenvalue weighted by Crippen LogP contribution is 2.34. The zero-order valence-corrected chi connectivity index (χ0v) is 9.48. The lowest BCUT2D eigenvalue weighted by molar-refractivity contribution is -0.0145. The minimum absolute atomic E-state index is 0.557. The van der Waals surface area contributed by atoms with Gasteiger partial charge in [0.25, 0.3) is 0 Å². The Morgan fingerprint density at radius 2 is 2.47 bits per heavy atom. The molecular weight excluding hydrogens is 190 g/mol. The number of aryl methyl sites for hydroxylation is 1. The largest absolute Gasteiger partial charge is 0.389 e. The molecule has 0 aliphatic heterocycles. The predicted octanol–water partition coefficient (Wildman–Crippen LogP) is 1.30. The molecule has 1 aliphatic carbocycles. The van der Waals surface area contributed by atoms with Crippen LogP contribution in [0.15, 0.2) is 6.33 Å². The molecule has 1 saturated carbocycles. The molecule has 1 N–H and O–H groups in total. The Kier molecular flexibility index (Phi) is 2.78. The standard InChI is InChI=1S/C11H19N3O/c1-9-4-3-5-11(15,6-9)7-10-12-8-13-14(10)2/h8-9,15H,3-7H2,1-2H3. The Balaban J connectivity index is 2.07. The van der Waals surface area contributed by atoms with Crippen molar-refractivity contribution in [2.75, 3.05) is 0 Å². The first-order chi connectivity index (χ1) is 7.09. The first-order valence-electron chi connectivity index (χ1n) is 5.64. The topological polar surface area (TPSA) is 50.9 Å². The minimum atomic E-state index is -0.557. The number of nitrogens with zero attached hydrogens (tertiary/aromatic N) is 3. The summed E-state index contributed by atoms with van der Waals surface area (Å²) in [6, 6.07) is 0. The van der Waals surface area contributed by atoms with Crippen LogP contribution in [0.25, 0.3) is 0 Å². The van der Waals surface area contributed by atoms with E-state index in [4.69, 9.17) is 0 Å². The van der Waals surface area contributed by atoms with E-state index < -0.39 is 5.60 Å². The molecule has 1 heterocycles. The van der Waals surface area contributed by atoms with E-state index in [2.05, 4.69) is 17.0 Å². The average molecular weight is 209 g/mol. The van der Waals surface area contributed by atoms with Crippen LogP contribution in [0.3, 0.4) is 0 Å². The van der Waals surface area contributed by atoms with Gasteiger partial charge in [-0.25, -0.2) is 4.98 Å². The van der Waals surface area contributed by atoms with E-state index in [-0.39, 0.29) is 0 Å². The molecule has 4 nitrogen and oxygen atoms in total. The second-order valence-electron chi connectivity index (χ2n) is 4.90. The molecule has 0 spiro atoms. The fourth-order valence-electron chi connectivity index (χ4n) is 2.57. The van der Waals surface area contributed by atoms with Gasteiger partial charge < -0.3 is 5.11 Å². The van der Waals surface area contributed by atoms with Crippen LogP contribution in [0, 0.1) is 5.92 Å². The Hall–Kier alpha value is -0.900. The molecule has 1 fully saturated rings. The van der Waals surface area contributed by atoms with Gasteiger partial charge in [0.1, 0.15) is 12.2 Å². The van der Waals surface area contributed by atoms with Crippen molar-refractivity contribution in [1.82, 2.24) is 14.8 Å². The predicted molar refractivity (Wildman–Crippen MR) is 57.3 cm³/mol. The lowest BCUT2D eigenvalue weighted by Crippen LogP contribution is -2.37. The van der Waals surface area contributed by atoms with Crippen LogP contribution in [0.2, 0.25) is 0 Å². The smallest absolute Gasteiger partial charge is 0.138 e. The molecule has 2 unspecified atom stereocenters. The summed E-state index contributed by atoms with van der Waals surface area (Å²) in [7, 11) is 1.87. The van der Waals surface area contributed by atoms with Gasteiger partial charge in [0, 0.05) is 13.5 Å². The number of hydrogen-bond acceptors (Lipinski definition) is 3. The van der Waals surface area contributed by atoms with Gasteiger partial charge in [-0.05, 0) is 18.8 Å². The van der Waals surface area contributed by atoms with Gasteiger partial charge in [0.15, 0.2) is 0 Å². The van der Waals surface area contributed by atoms with E-state index in [9.17, 15) is 5.11 Å². The van der Waals surface area contributed by atoms with Crippen LogP contribution in [0.1, 0.15) is 38.4 Å². The second-order valence-corrected chi connectivity index (χ2v) is 4.90. The molecule has 1 aromatic rings. The van der Waals surface area contributed by atoms with E-state index in [0.29, 0.717) is 12.3 Å².